The molecule has 4 N–H and O–H groups in total. The zero-order chi connectivity index (χ0) is 20.4. The average Bonchev–Trinajstić information content (AvgIpc) is 3.16. The van der Waals surface area contributed by atoms with Crippen molar-refractivity contribution in [3.8, 4) is 6.07 Å². The number of benzene rings is 1. The van der Waals surface area contributed by atoms with Gasteiger partial charge in [-0.25, -0.2) is 9.97 Å². The second kappa shape index (κ2) is 7.36. The second-order valence-electron chi connectivity index (χ2n) is 7.27. The predicted molar refractivity (Wildman–Crippen MR) is 112 cm³/mol. The van der Waals surface area contributed by atoms with E-state index in [9.17, 15) is 4.79 Å². The van der Waals surface area contributed by atoms with E-state index in [-0.39, 0.29) is 6.54 Å². The summed E-state index contributed by atoms with van der Waals surface area (Å²) >= 11 is 0. The standard InChI is InChI=1S/C21H21N7O/c22-11-14-7-9-21(12-25-14,20(24)29)8-3-4-10-28-13-26-17-18(28)15-5-1-2-6-16(15)27-19(17)23/h1-2,5-7,9,13H,3-4,8,10,12H2,(H2,23,27)(H2,24,29). The van der Waals surface area contributed by atoms with Gasteiger partial charge in [0.05, 0.1) is 29.3 Å². The molecule has 0 saturated carbocycles. The number of rotatable bonds is 6. The molecule has 3 heterocycles. The van der Waals surface area contributed by atoms with Crippen molar-refractivity contribution in [1.29, 1.82) is 5.26 Å². The van der Waals surface area contributed by atoms with Crippen molar-refractivity contribution >= 4 is 39.4 Å². The Labute approximate surface area is 167 Å². The Hall–Kier alpha value is -3.73. The first-order valence-corrected chi connectivity index (χ1v) is 9.47. The van der Waals surface area contributed by atoms with Gasteiger partial charge in [-0.05, 0) is 25.0 Å². The molecule has 1 amide bonds. The largest absolute Gasteiger partial charge is 0.382 e. The van der Waals surface area contributed by atoms with E-state index in [4.69, 9.17) is 16.7 Å². The number of nitriles is 1. The normalized spacial score (nSPS) is 18.7. The van der Waals surface area contributed by atoms with E-state index < -0.39 is 11.3 Å². The Morgan fingerprint density at radius 2 is 2.14 bits per heavy atom. The van der Waals surface area contributed by atoms with Gasteiger partial charge in [-0.15, -0.1) is 0 Å². The van der Waals surface area contributed by atoms with Gasteiger partial charge in [0.2, 0.25) is 5.91 Å². The average molecular weight is 387 g/mol. The molecule has 0 saturated heterocycles. The zero-order valence-corrected chi connectivity index (χ0v) is 15.9. The van der Waals surface area contributed by atoms with Crippen LogP contribution in [0.4, 0.5) is 5.82 Å². The molecular weight excluding hydrogens is 366 g/mol. The van der Waals surface area contributed by atoms with Crippen molar-refractivity contribution in [2.45, 2.75) is 25.8 Å². The highest BCUT2D eigenvalue weighted by Gasteiger charge is 2.35. The van der Waals surface area contributed by atoms with Crippen molar-refractivity contribution in [2.24, 2.45) is 16.1 Å². The van der Waals surface area contributed by atoms with Crippen LogP contribution < -0.4 is 11.5 Å². The van der Waals surface area contributed by atoms with Crippen LogP contribution >= 0.6 is 0 Å². The van der Waals surface area contributed by atoms with Gasteiger partial charge < -0.3 is 16.0 Å². The first-order chi connectivity index (χ1) is 14.0. The fourth-order valence-corrected chi connectivity index (χ4v) is 3.79. The fourth-order valence-electron chi connectivity index (χ4n) is 3.79. The van der Waals surface area contributed by atoms with Gasteiger partial charge in [0, 0.05) is 11.9 Å². The van der Waals surface area contributed by atoms with Crippen LogP contribution in [0.15, 0.2) is 47.7 Å². The van der Waals surface area contributed by atoms with Gasteiger partial charge in [-0.2, -0.15) is 5.26 Å². The number of dihydropyridines is 1. The van der Waals surface area contributed by atoms with E-state index in [1.165, 1.54) is 0 Å². The fraction of sp³-hybridized carbons (Fsp3) is 0.286. The summed E-state index contributed by atoms with van der Waals surface area (Å²) in [6.45, 7) is 0.956. The summed E-state index contributed by atoms with van der Waals surface area (Å²) < 4.78 is 2.08. The molecule has 1 aliphatic heterocycles. The molecule has 1 unspecified atom stereocenters. The number of imidazole rings is 1. The molecule has 0 spiro atoms. The number of carbonyl (C=O) groups excluding carboxylic acids is 1. The van der Waals surface area contributed by atoms with Crippen LogP contribution in [0, 0.1) is 16.7 Å². The lowest BCUT2D eigenvalue weighted by molar-refractivity contribution is -0.125. The van der Waals surface area contributed by atoms with E-state index in [0.717, 1.165) is 35.8 Å². The number of nitrogens with two attached hydrogens (primary N) is 2. The minimum absolute atomic E-state index is 0.225. The van der Waals surface area contributed by atoms with Gasteiger partial charge in [0.25, 0.3) is 0 Å². The van der Waals surface area contributed by atoms with E-state index in [1.54, 1.807) is 18.5 Å². The van der Waals surface area contributed by atoms with Crippen LogP contribution in [0.2, 0.25) is 0 Å². The van der Waals surface area contributed by atoms with Gasteiger partial charge in [-0.3, -0.25) is 9.79 Å². The number of aryl methyl sites for hydroxylation is 1. The van der Waals surface area contributed by atoms with E-state index >= 15 is 0 Å². The third kappa shape index (κ3) is 3.31. The molecule has 4 rings (SSSR count). The predicted octanol–water partition coefficient (Wildman–Crippen LogP) is 2.34. The maximum Gasteiger partial charge on any atom is 0.229 e. The summed E-state index contributed by atoms with van der Waals surface area (Å²) in [5.74, 6) is 0.0102. The van der Waals surface area contributed by atoms with Crippen LogP contribution in [-0.4, -0.2) is 32.7 Å². The summed E-state index contributed by atoms with van der Waals surface area (Å²) in [4.78, 5) is 25.1. The molecule has 0 bridgehead atoms. The number of primary amides is 1. The zero-order valence-electron chi connectivity index (χ0n) is 15.9. The Morgan fingerprint density at radius 1 is 1.31 bits per heavy atom. The molecule has 29 heavy (non-hydrogen) atoms. The SMILES string of the molecule is N#CC1=NCC(CCCCn2cnc3c(N)nc4ccccc4c32)(C(N)=O)C=C1. The molecule has 1 aromatic carbocycles. The van der Waals surface area contributed by atoms with Crippen LogP contribution in [0.3, 0.4) is 0 Å². The Bertz CT molecular complexity index is 1200. The second-order valence-corrected chi connectivity index (χ2v) is 7.27. The lowest BCUT2D eigenvalue weighted by Gasteiger charge is -2.27. The third-order valence-corrected chi connectivity index (χ3v) is 5.45. The maximum atomic E-state index is 12.0. The number of aromatic nitrogens is 3. The summed E-state index contributed by atoms with van der Waals surface area (Å²) in [5.41, 5.74) is 13.7. The lowest BCUT2D eigenvalue weighted by Crippen LogP contribution is -2.39. The quantitative estimate of drug-likeness (QED) is 0.626. The molecule has 1 aliphatic rings. The van der Waals surface area contributed by atoms with Gasteiger partial charge in [0.15, 0.2) is 5.82 Å². The molecule has 146 valence electrons. The number of carbonyl (C=O) groups is 1. The van der Waals surface area contributed by atoms with Crippen LogP contribution in [-0.2, 0) is 11.3 Å². The minimum Gasteiger partial charge on any atom is -0.382 e. The number of unbranched alkanes of at least 4 members (excludes halogenated alkanes) is 1. The van der Waals surface area contributed by atoms with E-state index in [2.05, 4.69) is 19.5 Å². The molecule has 8 heteroatoms. The number of para-hydroxylation sites is 1. The van der Waals surface area contributed by atoms with Crippen LogP contribution in [0.1, 0.15) is 19.3 Å². The molecule has 0 fully saturated rings. The summed E-state index contributed by atoms with van der Waals surface area (Å²) in [6, 6.07) is 9.84. The number of hydrogen-bond donors (Lipinski definition) is 2. The number of fused-ring (bicyclic) bond motifs is 3. The first kappa shape index (κ1) is 18.6. The van der Waals surface area contributed by atoms with Crippen molar-refractivity contribution < 1.29 is 4.79 Å². The lowest BCUT2D eigenvalue weighted by atomic mass is 9.80. The highest BCUT2D eigenvalue weighted by atomic mass is 16.1. The number of aliphatic imine (C=N–C) groups is 1. The molecule has 1 atom stereocenters. The number of allylic oxidation sites excluding steroid dienone is 1. The summed E-state index contributed by atoms with van der Waals surface area (Å²) in [5, 5.41) is 9.94. The number of pyridine rings is 1. The highest BCUT2D eigenvalue weighted by molar-refractivity contribution is 6.08. The van der Waals surface area contributed by atoms with Crippen molar-refractivity contribution in [3.05, 3.63) is 42.7 Å². The highest BCUT2D eigenvalue weighted by Crippen LogP contribution is 2.31. The van der Waals surface area contributed by atoms with Crippen molar-refractivity contribution in [2.75, 3.05) is 12.3 Å². The van der Waals surface area contributed by atoms with E-state index in [0.29, 0.717) is 23.5 Å². The number of anilines is 1. The van der Waals surface area contributed by atoms with Crippen molar-refractivity contribution in [3.63, 3.8) is 0 Å². The topological polar surface area (TPSA) is 136 Å². The van der Waals surface area contributed by atoms with Gasteiger partial charge in [-0.1, -0.05) is 30.7 Å². The number of amides is 1. The minimum atomic E-state index is -0.821. The van der Waals surface area contributed by atoms with E-state index in [1.807, 2.05) is 30.3 Å². The number of nitrogen functional groups attached to an aromatic ring is 1. The Balaban J connectivity index is 1.50. The molecule has 3 aromatic rings. The molecular formula is C21H21N7O. The molecule has 8 nitrogen and oxygen atoms in total. The monoisotopic (exact) mass is 387 g/mol. The summed E-state index contributed by atoms with van der Waals surface area (Å²) in [6.07, 6.45) is 7.29. The Morgan fingerprint density at radius 3 is 2.86 bits per heavy atom. The molecule has 0 radical (unpaired) electrons. The maximum absolute atomic E-state index is 12.0. The summed E-state index contributed by atoms with van der Waals surface area (Å²) in [7, 11) is 0. The van der Waals surface area contributed by atoms with Gasteiger partial charge in [0.1, 0.15) is 17.3 Å². The third-order valence-electron chi connectivity index (χ3n) is 5.45. The van der Waals surface area contributed by atoms with Crippen LogP contribution in [0.5, 0.6) is 0 Å². The van der Waals surface area contributed by atoms with Crippen LogP contribution in [0.25, 0.3) is 21.9 Å². The number of hydrogen-bond acceptors (Lipinski definition) is 6. The Kier molecular flexibility index (Phi) is 4.72. The number of nitrogens with zero attached hydrogens (tertiary/aromatic N) is 5. The smallest absolute Gasteiger partial charge is 0.229 e. The van der Waals surface area contributed by atoms with Gasteiger partial charge >= 0.3 is 0 Å². The first-order valence-electron chi connectivity index (χ1n) is 9.47. The van der Waals surface area contributed by atoms with Crippen molar-refractivity contribution in [1.82, 2.24) is 14.5 Å². The molecule has 0 aliphatic carbocycles. The molecule has 2 aromatic heterocycles.